The van der Waals surface area contributed by atoms with Crippen LogP contribution in [0.15, 0.2) is 102 Å². The van der Waals surface area contributed by atoms with Gasteiger partial charge in [-0.25, -0.2) is 13.2 Å². The lowest BCUT2D eigenvalue weighted by Gasteiger charge is -2.23. The van der Waals surface area contributed by atoms with Crippen LogP contribution in [0.4, 0.5) is 5.69 Å². The summed E-state index contributed by atoms with van der Waals surface area (Å²) in [7, 11) is -3.96. The molecular formula is C24H21NO5S. The Morgan fingerprint density at radius 1 is 0.871 bits per heavy atom. The molecule has 0 saturated carbocycles. The van der Waals surface area contributed by atoms with Gasteiger partial charge in [-0.15, -0.1) is 6.58 Å². The molecule has 0 aliphatic heterocycles. The van der Waals surface area contributed by atoms with E-state index in [2.05, 4.69) is 6.58 Å². The number of rotatable bonds is 9. The van der Waals surface area contributed by atoms with Crippen LogP contribution in [0.2, 0.25) is 0 Å². The standard InChI is InChI=1S/C24H21NO5S/c1-2-16-25(21-13-7-4-8-14-21)31(28,29)22-15-9-12-20(17-22)24(27)30-18-23(26)19-10-5-3-6-11-19/h2-15,17H,1,16,18H2. The molecule has 0 aliphatic rings. The van der Waals surface area contributed by atoms with Gasteiger partial charge in [-0.1, -0.05) is 60.7 Å². The third-order valence-corrected chi connectivity index (χ3v) is 6.22. The van der Waals surface area contributed by atoms with Gasteiger partial charge in [0.25, 0.3) is 10.0 Å². The molecule has 0 amide bonds. The summed E-state index contributed by atoms with van der Waals surface area (Å²) in [5.41, 5.74) is 0.937. The summed E-state index contributed by atoms with van der Waals surface area (Å²) in [5, 5.41) is 0. The molecular weight excluding hydrogens is 414 g/mol. The van der Waals surface area contributed by atoms with Gasteiger partial charge in [0.05, 0.1) is 22.7 Å². The number of anilines is 1. The van der Waals surface area contributed by atoms with Crippen molar-refractivity contribution in [3.8, 4) is 0 Å². The average molecular weight is 436 g/mol. The predicted octanol–water partition coefficient (Wildman–Crippen LogP) is 4.11. The summed E-state index contributed by atoms with van der Waals surface area (Å²) in [5.74, 6) is -1.13. The Hall–Kier alpha value is -3.71. The van der Waals surface area contributed by atoms with E-state index < -0.39 is 22.6 Å². The van der Waals surface area contributed by atoms with Crippen LogP contribution in [0.25, 0.3) is 0 Å². The Morgan fingerprint density at radius 3 is 2.13 bits per heavy atom. The minimum Gasteiger partial charge on any atom is -0.454 e. The van der Waals surface area contributed by atoms with Gasteiger partial charge in [0.1, 0.15) is 0 Å². The molecule has 3 aromatic rings. The van der Waals surface area contributed by atoms with E-state index in [9.17, 15) is 18.0 Å². The Kier molecular flexibility index (Phi) is 6.99. The summed E-state index contributed by atoms with van der Waals surface area (Å²) in [4.78, 5) is 24.5. The first kappa shape index (κ1) is 22.0. The number of carbonyl (C=O) groups excluding carboxylic acids is 2. The fraction of sp³-hybridized carbons (Fsp3) is 0.0833. The highest BCUT2D eigenvalue weighted by Gasteiger charge is 2.25. The van der Waals surface area contributed by atoms with Crippen LogP contribution in [-0.4, -0.2) is 33.3 Å². The van der Waals surface area contributed by atoms with Crippen molar-refractivity contribution in [2.75, 3.05) is 17.5 Å². The molecule has 0 aromatic heterocycles. The molecule has 0 heterocycles. The summed E-state index contributed by atoms with van der Waals surface area (Å²) in [6.07, 6.45) is 1.48. The van der Waals surface area contributed by atoms with E-state index in [1.165, 1.54) is 34.6 Å². The zero-order valence-corrected chi connectivity index (χ0v) is 17.5. The normalized spacial score (nSPS) is 10.8. The number of hydrogen-bond acceptors (Lipinski definition) is 5. The Morgan fingerprint density at radius 2 is 1.48 bits per heavy atom. The Bertz CT molecular complexity index is 1170. The van der Waals surface area contributed by atoms with Gasteiger partial charge in [0.15, 0.2) is 12.4 Å². The van der Waals surface area contributed by atoms with E-state index in [-0.39, 0.29) is 22.8 Å². The summed E-state index contributed by atoms with van der Waals surface area (Å²) in [6, 6.07) is 22.6. The lowest BCUT2D eigenvalue weighted by atomic mass is 10.1. The summed E-state index contributed by atoms with van der Waals surface area (Å²) in [6.45, 7) is 3.26. The number of Topliss-reactive ketones (excluding diaryl/α,β-unsaturated/α-hetero) is 1. The van der Waals surface area contributed by atoms with Gasteiger partial charge in [-0.2, -0.15) is 0 Å². The first-order chi connectivity index (χ1) is 14.9. The van der Waals surface area contributed by atoms with E-state index in [1.54, 1.807) is 60.7 Å². The van der Waals surface area contributed by atoms with E-state index in [0.717, 1.165) is 0 Å². The number of esters is 1. The molecule has 7 heteroatoms. The van der Waals surface area contributed by atoms with Crippen LogP contribution in [0.5, 0.6) is 0 Å². The zero-order valence-electron chi connectivity index (χ0n) is 16.7. The molecule has 0 spiro atoms. The molecule has 158 valence electrons. The van der Waals surface area contributed by atoms with Crippen LogP contribution >= 0.6 is 0 Å². The fourth-order valence-electron chi connectivity index (χ4n) is 2.89. The molecule has 0 aliphatic carbocycles. The van der Waals surface area contributed by atoms with E-state index >= 15 is 0 Å². The average Bonchev–Trinajstić information content (AvgIpc) is 2.81. The minimum atomic E-state index is -3.96. The maximum Gasteiger partial charge on any atom is 0.338 e. The summed E-state index contributed by atoms with van der Waals surface area (Å²) < 4.78 is 32.7. The van der Waals surface area contributed by atoms with Crippen LogP contribution < -0.4 is 4.31 Å². The smallest absolute Gasteiger partial charge is 0.338 e. The number of carbonyl (C=O) groups is 2. The fourth-order valence-corrected chi connectivity index (χ4v) is 4.37. The van der Waals surface area contributed by atoms with Crippen LogP contribution in [0, 0.1) is 0 Å². The number of nitrogens with zero attached hydrogens (tertiary/aromatic N) is 1. The zero-order chi connectivity index (χ0) is 22.3. The van der Waals surface area contributed by atoms with Crippen LogP contribution in [0.1, 0.15) is 20.7 Å². The van der Waals surface area contributed by atoms with Crippen molar-refractivity contribution < 1.29 is 22.7 Å². The lowest BCUT2D eigenvalue weighted by molar-refractivity contribution is 0.0474. The quantitative estimate of drug-likeness (QED) is 0.287. The van der Waals surface area contributed by atoms with Crippen molar-refractivity contribution in [2.24, 2.45) is 0 Å². The van der Waals surface area contributed by atoms with Crippen molar-refractivity contribution in [3.63, 3.8) is 0 Å². The highest BCUT2D eigenvalue weighted by atomic mass is 32.2. The largest absolute Gasteiger partial charge is 0.454 e. The van der Waals surface area contributed by atoms with E-state index in [4.69, 9.17) is 4.74 Å². The molecule has 6 nitrogen and oxygen atoms in total. The maximum absolute atomic E-state index is 13.2. The first-order valence-corrected chi connectivity index (χ1v) is 10.9. The Balaban J connectivity index is 1.80. The maximum atomic E-state index is 13.2. The van der Waals surface area contributed by atoms with Crippen molar-refractivity contribution in [1.82, 2.24) is 0 Å². The minimum absolute atomic E-state index is 0.0357. The van der Waals surface area contributed by atoms with Gasteiger partial charge in [-0.05, 0) is 30.3 Å². The van der Waals surface area contributed by atoms with Gasteiger partial charge in [0.2, 0.25) is 0 Å². The Labute approximate surface area is 181 Å². The number of sulfonamides is 1. The third kappa shape index (κ3) is 5.26. The molecule has 31 heavy (non-hydrogen) atoms. The number of hydrogen-bond donors (Lipinski definition) is 0. The van der Waals surface area contributed by atoms with Crippen LogP contribution in [-0.2, 0) is 14.8 Å². The van der Waals surface area contributed by atoms with Gasteiger partial charge in [0, 0.05) is 5.56 Å². The SMILES string of the molecule is C=CCN(c1ccccc1)S(=O)(=O)c1cccc(C(=O)OCC(=O)c2ccccc2)c1. The second-order valence-electron chi connectivity index (χ2n) is 6.55. The van der Waals surface area contributed by atoms with Gasteiger partial charge in [-0.3, -0.25) is 9.10 Å². The third-order valence-electron chi connectivity index (χ3n) is 4.43. The molecule has 0 atom stereocenters. The van der Waals surface area contributed by atoms with E-state index in [0.29, 0.717) is 11.3 Å². The van der Waals surface area contributed by atoms with Gasteiger partial charge >= 0.3 is 5.97 Å². The number of ketones is 1. The number of para-hydroxylation sites is 1. The molecule has 0 N–H and O–H groups in total. The molecule has 3 aromatic carbocycles. The number of benzene rings is 3. The molecule has 0 unspecified atom stereocenters. The molecule has 0 bridgehead atoms. The topological polar surface area (TPSA) is 80.8 Å². The highest BCUT2D eigenvalue weighted by Crippen LogP contribution is 2.24. The van der Waals surface area contributed by atoms with Crippen LogP contribution in [0.3, 0.4) is 0 Å². The molecule has 3 rings (SSSR count). The van der Waals surface area contributed by atoms with E-state index in [1.807, 2.05) is 0 Å². The van der Waals surface area contributed by atoms with Crippen molar-refractivity contribution in [2.45, 2.75) is 4.90 Å². The highest BCUT2D eigenvalue weighted by molar-refractivity contribution is 7.92. The lowest BCUT2D eigenvalue weighted by Crippen LogP contribution is -2.31. The predicted molar refractivity (Wildman–Crippen MR) is 119 cm³/mol. The van der Waals surface area contributed by atoms with Crippen molar-refractivity contribution in [3.05, 3.63) is 109 Å². The number of ether oxygens (including phenoxy) is 1. The van der Waals surface area contributed by atoms with Gasteiger partial charge < -0.3 is 4.74 Å². The monoisotopic (exact) mass is 435 g/mol. The second kappa shape index (κ2) is 9.86. The second-order valence-corrected chi connectivity index (χ2v) is 8.42. The first-order valence-electron chi connectivity index (χ1n) is 9.47. The molecule has 0 radical (unpaired) electrons. The van der Waals surface area contributed by atoms with Crippen molar-refractivity contribution in [1.29, 1.82) is 0 Å². The molecule has 0 fully saturated rings. The molecule has 0 saturated heterocycles. The summed E-state index contributed by atoms with van der Waals surface area (Å²) >= 11 is 0. The van der Waals surface area contributed by atoms with Crippen molar-refractivity contribution >= 4 is 27.5 Å².